The van der Waals surface area contributed by atoms with Crippen molar-refractivity contribution in [1.82, 2.24) is 10.0 Å². The highest BCUT2D eigenvalue weighted by Crippen LogP contribution is 2.18. The lowest BCUT2D eigenvalue weighted by Gasteiger charge is -2.18. The van der Waals surface area contributed by atoms with Crippen molar-refractivity contribution in [3.8, 4) is 0 Å². The minimum absolute atomic E-state index is 0.00299. The van der Waals surface area contributed by atoms with Crippen molar-refractivity contribution in [2.45, 2.75) is 39.7 Å². The number of hydrogen-bond acceptors (Lipinski definition) is 3. The zero-order valence-corrected chi connectivity index (χ0v) is 10.7. The highest BCUT2D eigenvalue weighted by Gasteiger charge is 2.21. The summed E-state index contributed by atoms with van der Waals surface area (Å²) in [6.45, 7) is 7.09. The van der Waals surface area contributed by atoms with E-state index in [1.54, 1.807) is 0 Å². The Hall–Kier alpha value is -0.130. The summed E-state index contributed by atoms with van der Waals surface area (Å²) in [4.78, 5) is 0. The first-order chi connectivity index (χ1) is 6.79. The summed E-state index contributed by atoms with van der Waals surface area (Å²) in [6, 6.07) is 0.572. The van der Waals surface area contributed by atoms with Crippen LogP contribution in [0.1, 0.15) is 33.6 Å². The minimum atomic E-state index is -3.10. The van der Waals surface area contributed by atoms with Gasteiger partial charge in [-0.05, 0) is 18.3 Å². The van der Waals surface area contributed by atoms with E-state index < -0.39 is 10.0 Å². The first-order valence-electron chi connectivity index (χ1n) is 5.49. The summed E-state index contributed by atoms with van der Waals surface area (Å²) < 4.78 is 25.7. The molecular weight excluding hydrogens is 212 g/mol. The van der Waals surface area contributed by atoms with Gasteiger partial charge in [0, 0.05) is 19.1 Å². The molecule has 0 aromatic rings. The molecule has 1 rings (SSSR count). The number of sulfonamides is 1. The molecule has 1 aliphatic rings. The average Bonchev–Trinajstić information content (AvgIpc) is 2.83. The van der Waals surface area contributed by atoms with Gasteiger partial charge < -0.3 is 5.32 Å². The predicted octanol–water partition coefficient (Wildman–Crippen LogP) is 0.704. The molecular formula is C10H22N2O2S. The third-order valence-electron chi connectivity index (χ3n) is 2.20. The van der Waals surface area contributed by atoms with Crippen LogP contribution in [0, 0.1) is 5.41 Å². The molecule has 1 aliphatic carbocycles. The Morgan fingerprint density at radius 3 is 2.33 bits per heavy atom. The zero-order valence-electron chi connectivity index (χ0n) is 9.84. The van der Waals surface area contributed by atoms with E-state index in [2.05, 4.69) is 10.0 Å². The lowest BCUT2D eigenvalue weighted by atomic mass is 9.98. The second-order valence-electron chi connectivity index (χ2n) is 5.43. The van der Waals surface area contributed by atoms with Crippen LogP contribution in [0.15, 0.2) is 0 Å². The number of rotatable bonds is 6. The van der Waals surface area contributed by atoms with Crippen LogP contribution in [0.25, 0.3) is 0 Å². The van der Waals surface area contributed by atoms with E-state index in [1.165, 1.54) is 12.8 Å². The monoisotopic (exact) mass is 234 g/mol. The van der Waals surface area contributed by atoms with E-state index in [1.807, 2.05) is 20.8 Å². The fourth-order valence-electron chi connectivity index (χ4n) is 1.08. The Balaban J connectivity index is 2.18. The van der Waals surface area contributed by atoms with Crippen molar-refractivity contribution < 1.29 is 8.42 Å². The molecule has 0 heterocycles. The Morgan fingerprint density at radius 2 is 1.87 bits per heavy atom. The van der Waals surface area contributed by atoms with Gasteiger partial charge in [-0.3, -0.25) is 0 Å². The summed E-state index contributed by atoms with van der Waals surface area (Å²) in [5, 5.41) is 3.19. The van der Waals surface area contributed by atoms with Gasteiger partial charge in [-0.1, -0.05) is 20.8 Å². The molecule has 90 valence electrons. The van der Waals surface area contributed by atoms with Crippen LogP contribution in [0.3, 0.4) is 0 Å². The molecule has 0 saturated heterocycles. The molecule has 0 radical (unpaired) electrons. The van der Waals surface area contributed by atoms with Crippen molar-refractivity contribution in [2.24, 2.45) is 5.41 Å². The summed E-state index contributed by atoms with van der Waals surface area (Å²) in [6.07, 6.45) is 2.38. The standard InChI is InChI=1S/C10H22N2O2S/c1-10(2,3)8-12-15(13,14)7-6-11-9-4-5-9/h9,11-12H,4-8H2,1-3H3. The molecule has 0 amide bonds. The maximum atomic E-state index is 11.5. The first kappa shape index (κ1) is 12.9. The Kier molecular flexibility index (Phi) is 4.14. The summed E-state index contributed by atoms with van der Waals surface area (Å²) in [7, 11) is -3.10. The quantitative estimate of drug-likeness (QED) is 0.711. The second kappa shape index (κ2) is 4.80. The van der Waals surface area contributed by atoms with Gasteiger partial charge in [0.1, 0.15) is 0 Å². The van der Waals surface area contributed by atoms with Crippen molar-refractivity contribution >= 4 is 10.0 Å². The highest BCUT2D eigenvalue weighted by molar-refractivity contribution is 7.89. The van der Waals surface area contributed by atoms with Crippen molar-refractivity contribution in [3.05, 3.63) is 0 Å². The summed E-state index contributed by atoms with van der Waals surface area (Å²) in [5.41, 5.74) is -0.00299. The van der Waals surface area contributed by atoms with Gasteiger partial charge >= 0.3 is 0 Å². The van der Waals surface area contributed by atoms with Gasteiger partial charge in [0.25, 0.3) is 0 Å². The minimum Gasteiger partial charge on any atom is -0.313 e. The van der Waals surface area contributed by atoms with Crippen LogP contribution in [-0.2, 0) is 10.0 Å². The van der Waals surface area contributed by atoms with Crippen molar-refractivity contribution in [3.63, 3.8) is 0 Å². The van der Waals surface area contributed by atoms with Gasteiger partial charge in [0.05, 0.1) is 5.75 Å². The van der Waals surface area contributed by atoms with Crippen LogP contribution in [0.4, 0.5) is 0 Å². The van der Waals surface area contributed by atoms with Crippen molar-refractivity contribution in [1.29, 1.82) is 0 Å². The largest absolute Gasteiger partial charge is 0.313 e. The summed E-state index contributed by atoms with van der Waals surface area (Å²) >= 11 is 0. The summed E-state index contributed by atoms with van der Waals surface area (Å²) in [5.74, 6) is 0.180. The van der Waals surface area contributed by atoms with Gasteiger partial charge in [-0.2, -0.15) is 0 Å². The smallest absolute Gasteiger partial charge is 0.212 e. The number of hydrogen-bond donors (Lipinski definition) is 2. The lowest BCUT2D eigenvalue weighted by molar-refractivity contribution is 0.407. The molecule has 0 spiro atoms. The molecule has 0 unspecified atom stereocenters. The fraction of sp³-hybridized carbons (Fsp3) is 1.00. The molecule has 0 aromatic heterocycles. The first-order valence-corrected chi connectivity index (χ1v) is 7.14. The zero-order chi connectivity index (χ0) is 11.5. The normalized spacial score (nSPS) is 18.1. The highest BCUT2D eigenvalue weighted by atomic mass is 32.2. The van der Waals surface area contributed by atoms with E-state index >= 15 is 0 Å². The maximum absolute atomic E-state index is 11.5. The topological polar surface area (TPSA) is 58.2 Å². The maximum Gasteiger partial charge on any atom is 0.212 e. The van der Waals surface area contributed by atoms with Gasteiger partial charge in [0.2, 0.25) is 10.0 Å². The van der Waals surface area contributed by atoms with Gasteiger partial charge in [-0.25, -0.2) is 13.1 Å². The Morgan fingerprint density at radius 1 is 1.27 bits per heavy atom. The molecule has 0 aliphatic heterocycles. The van der Waals surface area contributed by atoms with Crippen molar-refractivity contribution in [2.75, 3.05) is 18.8 Å². The lowest BCUT2D eigenvalue weighted by Crippen LogP contribution is -2.37. The molecule has 1 fully saturated rings. The van der Waals surface area contributed by atoms with E-state index in [0.29, 0.717) is 19.1 Å². The van der Waals surface area contributed by atoms with E-state index in [-0.39, 0.29) is 11.2 Å². The third kappa shape index (κ3) is 6.87. The fourth-order valence-corrected chi connectivity index (χ4v) is 2.27. The van der Waals surface area contributed by atoms with E-state index in [9.17, 15) is 8.42 Å². The van der Waals surface area contributed by atoms with Gasteiger partial charge in [0.15, 0.2) is 0 Å². The van der Waals surface area contributed by atoms with E-state index in [4.69, 9.17) is 0 Å². The molecule has 0 aromatic carbocycles. The van der Waals surface area contributed by atoms with Crippen LogP contribution in [0.2, 0.25) is 0 Å². The van der Waals surface area contributed by atoms with Crippen LogP contribution >= 0.6 is 0 Å². The van der Waals surface area contributed by atoms with Crippen LogP contribution in [-0.4, -0.2) is 33.3 Å². The van der Waals surface area contributed by atoms with Gasteiger partial charge in [-0.15, -0.1) is 0 Å². The second-order valence-corrected chi connectivity index (χ2v) is 7.36. The molecule has 5 heteroatoms. The molecule has 0 atom stereocenters. The average molecular weight is 234 g/mol. The van der Waals surface area contributed by atoms with Crippen LogP contribution in [0.5, 0.6) is 0 Å². The number of nitrogens with one attached hydrogen (secondary N) is 2. The third-order valence-corrected chi connectivity index (χ3v) is 3.53. The van der Waals surface area contributed by atoms with E-state index in [0.717, 1.165) is 0 Å². The Labute approximate surface area is 92.9 Å². The van der Waals surface area contributed by atoms with Crippen LogP contribution < -0.4 is 10.0 Å². The Bertz CT molecular complexity index is 289. The molecule has 1 saturated carbocycles. The molecule has 2 N–H and O–H groups in total. The SMILES string of the molecule is CC(C)(C)CNS(=O)(=O)CCNC1CC1. The molecule has 15 heavy (non-hydrogen) atoms. The molecule has 0 bridgehead atoms. The predicted molar refractivity (Wildman–Crippen MR) is 62.3 cm³/mol. The molecule has 4 nitrogen and oxygen atoms in total.